The summed E-state index contributed by atoms with van der Waals surface area (Å²) in [7, 11) is -3.66. The van der Waals surface area contributed by atoms with Crippen molar-refractivity contribution in [3.8, 4) is 5.75 Å². The molecule has 2 aromatic carbocycles. The largest absolute Gasteiger partial charge is 0.481 e. The molecule has 2 aromatic rings. The van der Waals surface area contributed by atoms with Crippen LogP contribution in [0.25, 0.3) is 0 Å². The zero-order chi connectivity index (χ0) is 18.0. The molecule has 0 aromatic heterocycles. The van der Waals surface area contributed by atoms with Gasteiger partial charge < -0.3 is 15.8 Å². The van der Waals surface area contributed by atoms with Gasteiger partial charge in [0.2, 0.25) is 10.0 Å². The third kappa shape index (κ3) is 4.16. The van der Waals surface area contributed by atoms with E-state index in [1.165, 1.54) is 12.1 Å². The molecule has 25 heavy (non-hydrogen) atoms. The maximum atomic E-state index is 11.2. The molecule has 0 radical (unpaired) electrons. The van der Waals surface area contributed by atoms with Gasteiger partial charge in [0.15, 0.2) is 6.10 Å². The molecule has 0 saturated heterocycles. The summed E-state index contributed by atoms with van der Waals surface area (Å²) in [4.78, 5) is 4.47. The normalized spacial score (nSPS) is 16.7. The number of nitrogens with zero attached hydrogens (tertiary/aromatic N) is 1. The van der Waals surface area contributed by atoms with Crippen LogP contribution in [0.1, 0.15) is 18.1 Å². The Labute approximate surface area is 146 Å². The van der Waals surface area contributed by atoms with Gasteiger partial charge in [-0.3, -0.25) is 0 Å². The van der Waals surface area contributed by atoms with Gasteiger partial charge in [-0.05, 0) is 42.3 Å². The summed E-state index contributed by atoms with van der Waals surface area (Å²) in [5, 5.41) is 8.39. The standard InChI is InChI=1S/C17H20N4O3S/c1-11-17(18)21-15-8-13(4-7-16(15)24-11)10-20-9-12-2-5-14(6-3-12)25(19,22)23/h2-8,11,20H,9-10H2,1H3,(H2,18,21)(H2,19,22,23). The number of primary sulfonamides is 1. The Balaban J connectivity index is 1.61. The second-order valence-corrected chi connectivity index (χ2v) is 7.45. The molecule has 0 amide bonds. The molecule has 5 N–H and O–H groups in total. The van der Waals surface area contributed by atoms with Gasteiger partial charge >= 0.3 is 0 Å². The van der Waals surface area contributed by atoms with Crippen molar-refractivity contribution in [2.75, 3.05) is 0 Å². The van der Waals surface area contributed by atoms with E-state index in [4.69, 9.17) is 15.6 Å². The van der Waals surface area contributed by atoms with Crippen LogP contribution in [-0.4, -0.2) is 20.4 Å². The van der Waals surface area contributed by atoms with Crippen LogP contribution >= 0.6 is 0 Å². The van der Waals surface area contributed by atoms with Crippen LogP contribution < -0.4 is 20.9 Å². The van der Waals surface area contributed by atoms with Crippen molar-refractivity contribution >= 4 is 21.5 Å². The van der Waals surface area contributed by atoms with Crippen LogP contribution in [0.15, 0.2) is 52.4 Å². The first-order valence-electron chi connectivity index (χ1n) is 7.79. The van der Waals surface area contributed by atoms with Gasteiger partial charge in [-0.2, -0.15) is 0 Å². The Morgan fingerprint density at radius 1 is 1.12 bits per heavy atom. The molecule has 0 aliphatic carbocycles. The SMILES string of the molecule is CC1Oc2ccc(CNCc3ccc(S(N)(=O)=O)cc3)cc2N=C1N. The average molecular weight is 360 g/mol. The highest BCUT2D eigenvalue weighted by Crippen LogP contribution is 2.32. The Morgan fingerprint density at radius 2 is 1.76 bits per heavy atom. The molecular formula is C17H20N4O3S. The minimum absolute atomic E-state index is 0.107. The summed E-state index contributed by atoms with van der Waals surface area (Å²) in [5.41, 5.74) is 8.56. The molecule has 3 rings (SSSR count). The van der Waals surface area contributed by atoms with E-state index in [1.54, 1.807) is 12.1 Å². The van der Waals surface area contributed by atoms with Crippen LogP contribution in [0.3, 0.4) is 0 Å². The molecule has 0 spiro atoms. The van der Waals surface area contributed by atoms with Crippen molar-refractivity contribution in [3.05, 3.63) is 53.6 Å². The topological polar surface area (TPSA) is 120 Å². The van der Waals surface area contributed by atoms with E-state index in [9.17, 15) is 8.42 Å². The minimum Gasteiger partial charge on any atom is -0.481 e. The third-order valence-electron chi connectivity index (χ3n) is 3.90. The smallest absolute Gasteiger partial charge is 0.238 e. The lowest BCUT2D eigenvalue weighted by Crippen LogP contribution is -2.33. The molecule has 1 atom stereocenters. The average Bonchev–Trinajstić information content (AvgIpc) is 2.56. The van der Waals surface area contributed by atoms with Crippen molar-refractivity contribution in [1.29, 1.82) is 0 Å². The number of hydrogen-bond acceptors (Lipinski definition) is 6. The molecular weight excluding hydrogens is 340 g/mol. The van der Waals surface area contributed by atoms with Crippen LogP contribution in [0.4, 0.5) is 5.69 Å². The third-order valence-corrected chi connectivity index (χ3v) is 4.83. The predicted octanol–water partition coefficient (Wildman–Crippen LogP) is 1.39. The maximum Gasteiger partial charge on any atom is 0.238 e. The number of fused-ring (bicyclic) bond motifs is 1. The number of hydrogen-bond donors (Lipinski definition) is 3. The number of ether oxygens (including phenoxy) is 1. The van der Waals surface area contributed by atoms with Crippen LogP contribution in [0.5, 0.6) is 5.75 Å². The van der Waals surface area contributed by atoms with Crippen LogP contribution in [0, 0.1) is 0 Å². The van der Waals surface area contributed by atoms with Crippen molar-refractivity contribution in [2.24, 2.45) is 15.9 Å². The van der Waals surface area contributed by atoms with Crippen molar-refractivity contribution in [3.63, 3.8) is 0 Å². The number of benzene rings is 2. The van der Waals surface area contributed by atoms with Crippen LogP contribution in [0.2, 0.25) is 0 Å². The van der Waals surface area contributed by atoms with Gasteiger partial charge in [0.05, 0.1) is 4.90 Å². The zero-order valence-corrected chi connectivity index (χ0v) is 14.6. The molecule has 1 aliphatic rings. The Morgan fingerprint density at radius 3 is 2.44 bits per heavy atom. The van der Waals surface area contributed by atoms with Gasteiger partial charge in [-0.25, -0.2) is 18.5 Å². The Hall–Kier alpha value is -2.42. The van der Waals surface area contributed by atoms with E-state index in [0.29, 0.717) is 18.9 Å². The lowest BCUT2D eigenvalue weighted by Gasteiger charge is -2.21. The predicted molar refractivity (Wildman–Crippen MR) is 96.2 cm³/mol. The fourth-order valence-corrected chi connectivity index (χ4v) is 3.00. The fourth-order valence-electron chi connectivity index (χ4n) is 2.49. The van der Waals surface area contributed by atoms with Crippen molar-refractivity contribution in [2.45, 2.75) is 31.0 Å². The maximum absolute atomic E-state index is 11.2. The lowest BCUT2D eigenvalue weighted by molar-refractivity contribution is 0.281. The quantitative estimate of drug-likeness (QED) is 0.744. The van der Waals surface area contributed by atoms with Gasteiger partial charge in [0.25, 0.3) is 0 Å². The molecule has 8 heteroatoms. The second-order valence-electron chi connectivity index (χ2n) is 5.89. The number of sulfonamides is 1. The van der Waals surface area contributed by atoms with Gasteiger partial charge in [0.1, 0.15) is 17.3 Å². The molecule has 1 aliphatic heterocycles. The molecule has 0 bridgehead atoms. The summed E-state index contributed by atoms with van der Waals surface area (Å²) in [5.74, 6) is 1.19. The number of nitrogens with one attached hydrogen (secondary N) is 1. The monoisotopic (exact) mass is 360 g/mol. The van der Waals surface area contributed by atoms with E-state index in [1.807, 2.05) is 25.1 Å². The Bertz CT molecular complexity index is 908. The number of rotatable bonds is 5. The zero-order valence-electron chi connectivity index (χ0n) is 13.8. The molecule has 1 unspecified atom stereocenters. The van der Waals surface area contributed by atoms with Crippen molar-refractivity contribution < 1.29 is 13.2 Å². The number of amidine groups is 1. The lowest BCUT2D eigenvalue weighted by atomic mass is 10.1. The first-order chi connectivity index (χ1) is 11.8. The highest BCUT2D eigenvalue weighted by molar-refractivity contribution is 7.89. The highest BCUT2D eigenvalue weighted by atomic mass is 32.2. The summed E-state index contributed by atoms with van der Waals surface area (Å²) in [6, 6.07) is 12.3. The van der Waals surface area contributed by atoms with E-state index in [2.05, 4.69) is 10.3 Å². The van der Waals surface area contributed by atoms with Crippen LogP contribution in [-0.2, 0) is 23.1 Å². The van der Waals surface area contributed by atoms with E-state index in [0.717, 1.165) is 22.6 Å². The molecule has 132 valence electrons. The second kappa shape index (κ2) is 6.83. The van der Waals surface area contributed by atoms with E-state index >= 15 is 0 Å². The minimum atomic E-state index is -3.66. The van der Waals surface area contributed by atoms with Gasteiger partial charge in [-0.15, -0.1) is 0 Å². The summed E-state index contributed by atoms with van der Waals surface area (Å²) < 4.78 is 28.1. The summed E-state index contributed by atoms with van der Waals surface area (Å²) in [6.07, 6.45) is -0.211. The highest BCUT2D eigenvalue weighted by Gasteiger charge is 2.18. The molecule has 0 saturated carbocycles. The van der Waals surface area contributed by atoms with E-state index < -0.39 is 10.0 Å². The Kier molecular flexibility index (Phi) is 4.76. The fraction of sp³-hybridized carbons (Fsp3) is 0.235. The number of aliphatic imine (C=N–C) groups is 1. The number of nitrogens with two attached hydrogens (primary N) is 2. The first kappa shape index (κ1) is 17.4. The van der Waals surface area contributed by atoms with Gasteiger partial charge in [0, 0.05) is 13.1 Å². The van der Waals surface area contributed by atoms with Gasteiger partial charge in [-0.1, -0.05) is 18.2 Å². The van der Waals surface area contributed by atoms with E-state index in [-0.39, 0.29) is 11.0 Å². The molecule has 0 fully saturated rings. The van der Waals surface area contributed by atoms with Crippen molar-refractivity contribution in [1.82, 2.24) is 5.32 Å². The molecule has 1 heterocycles. The first-order valence-corrected chi connectivity index (χ1v) is 9.33. The summed E-state index contributed by atoms with van der Waals surface area (Å²) >= 11 is 0. The molecule has 7 nitrogen and oxygen atoms in total. The summed E-state index contributed by atoms with van der Waals surface area (Å²) in [6.45, 7) is 3.09.